The molecule has 6 heteroatoms. The van der Waals surface area contributed by atoms with Gasteiger partial charge >= 0.3 is 5.97 Å². The van der Waals surface area contributed by atoms with Gasteiger partial charge in [0.15, 0.2) is 0 Å². The van der Waals surface area contributed by atoms with Crippen LogP contribution in [0.5, 0.6) is 5.75 Å². The molecule has 0 fully saturated rings. The van der Waals surface area contributed by atoms with Crippen molar-refractivity contribution in [2.24, 2.45) is 0 Å². The molecule has 2 aromatic carbocycles. The van der Waals surface area contributed by atoms with Crippen molar-refractivity contribution in [1.29, 1.82) is 0 Å². The SMILES string of the molecule is COc1ccc2c(CNCCc3ccco3)c(C(=O)O)n(Cc3ccccc3C)c2c1. The molecule has 2 heterocycles. The first-order chi connectivity index (χ1) is 15.1. The van der Waals surface area contributed by atoms with Gasteiger partial charge in [-0.2, -0.15) is 0 Å². The molecule has 31 heavy (non-hydrogen) atoms. The van der Waals surface area contributed by atoms with Gasteiger partial charge in [0.1, 0.15) is 17.2 Å². The van der Waals surface area contributed by atoms with Crippen molar-refractivity contribution in [1.82, 2.24) is 9.88 Å². The van der Waals surface area contributed by atoms with E-state index in [0.717, 1.165) is 39.8 Å². The highest BCUT2D eigenvalue weighted by Crippen LogP contribution is 2.31. The van der Waals surface area contributed by atoms with E-state index in [2.05, 4.69) is 5.32 Å². The van der Waals surface area contributed by atoms with E-state index in [4.69, 9.17) is 9.15 Å². The molecule has 6 nitrogen and oxygen atoms in total. The zero-order valence-corrected chi connectivity index (χ0v) is 17.7. The maximum Gasteiger partial charge on any atom is 0.352 e. The number of aromatic carboxylic acids is 1. The summed E-state index contributed by atoms with van der Waals surface area (Å²) < 4.78 is 12.7. The number of carbonyl (C=O) groups is 1. The van der Waals surface area contributed by atoms with Crippen molar-refractivity contribution in [3.05, 3.63) is 89.0 Å². The Hall–Kier alpha value is -3.51. The first kappa shape index (κ1) is 20.8. The number of carboxylic acid groups (broad SMARTS) is 1. The van der Waals surface area contributed by atoms with E-state index in [1.807, 2.05) is 66.1 Å². The number of rotatable bonds is 9. The number of carboxylic acids is 1. The van der Waals surface area contributed by atoms with Gasteiger partial charge < -0.3 is 24.1 Å². The van der Waals surface area contributed by atoms with Crippen LogP contribution in [-0.2, 0) is 19.5 Å². The van der Waals surface area contributed by atoms with Gasteiger partial charge in [-0.25, -0.2) is 4.79 Å². The number of furan rings is 1. The van der Waals surface area contributed by atoms with Gasteiger partial charge in [-0.1, -0.05) is 24.3 Å². The summed E-state index contributed by atoms with van der Waals surface area (Å²) >= 11 is 0. The van der Waals surface area contributed by atoms with Crippen molar-refractivity contribution in [2.75, 3.05) is 13.7 Å². The zero-order chi connectivity index (χ0) is 21.8. The lowest BCUT2D eigenvalue weighted by atomic mass is 10.1. The quantitative estimate of drug-likeness (QED) is 0.388. The highest BCUT2D eigenvalue weighted by Gasteiger charge is 2.23. The number of benzene rings is 2. The van der Waals surface area contributed by atoms with Crippen molar-refractivity contribution >= 4 is 16.9 Å². The molecule has 2 aromatic heterocycles. The van der Waals surface area contributed by atoms with Gasteiger partial charge in [0.25, 0.3) is 0 Å². The third-order valence-electron chi connectivity index (χ3n) is 5.60. The van der Waals surface area contributed by atoms with Crippen molar-refractivity contribution in [3.63, 3.8) is 0 Å². The summed E-state index contributed by atoms with van der Waals surface area (Å²) in [5, 5.41) is 14.4. The summed E-state index contributed by atoms with van der Waals surface area (Å²) in [5.74, 6) is 0.662. The number of hydrogen-bond donors (Lipinski definition) is 2. The minimum Gasteiger partial charge on any atom is -0.497 e. The topological polar surface area (TPSA) is 76.6 Å². The van der Waals surface area contributed by atoms with E-state index in [1.165, 1.54) is 0 Å². The lowest BCUT2D eigenvalue weighted by Gasteiger charge is -2.12. The monoisotopic (exact) mass is 418 g/mol. The fourth-order valence-electron chi connectivity index (χ4n) is 3.95. The summed E-state index contributed by atoms with van der Waals surface area (Å²) in [4.78, 5) is 12.4. The van der Waals surface area contributed by atoms with Gasteiger partial charge in [0, 0.05) is 43.1 Å². The molecule has 0 unspecified atom stereocenters. The fraction of sp³-hybridized carbons (Fsp3) is 0.240. The second kappa shape index (κ2) is 9.10. The van der Waals surface area contributed by atoms with E-state index in [1.54, 1.807) is 13.4 Å². The number of nitrogens with one attached hydrogen (secondary N) is 1. The smallest absolute Gasteiger partial charge is 0.352 e. The molecule has 160 valence electrons. The van der Waals surface area contributed by atoms with Crippen LogP contribution in [-0.4, -0.2) is 29.3 Å². The number of hydrogen-bond acceptors (Lipinski definition) is 4. The maximum absolute atomic E-state index is 12.4. The van der Waals surface area contributed by atoms with Gasteiger partial charge in [-0.05, 0) is 42.3 Å². The number of aryl methyl sites for hydroxylation is 1. The number of methoxy groups -OCH3 is 1. The molecule has 0 spiro atoms. The van der Waals surface area contributed by atoms with Crippen LogP contribution in [0.1, 0.15) is 32.9 Å². The molecular formula is C25H26N2O4. The summed E-state index contributed by atoms with van der Waals surface area (Å²) in [6.45, 7) is 3.66. The molecule has 4 rings (SSSR count). The van der Waals surface area contributed by atoms with Crippen molar-refractivity contribution in [2.45, 2.75) is 26.4 Å². The number of ether oxygens (including phenoxy) is 1. The third kappa shape index (κ3) is 4.34. The average Bonchev–Trinajstić information content (AvgIpc) is 3.39. The Morgan fingerprint density at radius 1 is 1.16 bits per heavy atom. The summed E-state index contributed by atoms with van der Waals surface area (Å²) in [6.07, 6.45) is 2.40. The van der Waals surface area contributed by atoms with E-state index in [0.29, 0.717) is 31.1 Å². The standard InChI is InChI=1S/C25H26N2O4/c1-17-6-3-4-7-18(17)16-27-23-14-20(30-2)9-10-21(23)22(24(27)25(28)29)15-26-12-11-19-8-5-13-31-19/h3-10,13-14,26H,11-12,15-16H2,1-2H3,(H,28,29). The Morgan fingerprint density at radius 3 is 2.71 bits per heavy atom. The Kier molecular flexibility index (Phi) is 6.09. The number of fused-ring (bicyclic) bond motifs is 1. The lowest BCUT2D eigenvalue weighted by Crippen LogP contribution is -2.19. The van der Waals surface area contributed by atoms with Gasteiger partial charge in [0.05, 0.1) is 18.9 Å². The predicted octanol–water partition coefficient (Wildman–Crippen LogP) is 4.63. The zero-order valence-electron chi connectivity index (χ0n) is 17.7. The Morgan fingerprint density at radius 2 is 2.00 bits per heavy atom. The van der Waals surface area contributed by atoms with Crippen LogP contribution in [0, 0.1) is 6.92 Å². The molecule has 0 bridgehead atoms. The molecule has 0 aliphatic heterocycles. The minimum atomic E-state index is -0.938. The normalized spacial score (nSPS) is 11.2. The van der Waals surface area contributed by atoms with Crippen LogP contribution < -0.4 is 10.1 Å². The molecule has 0 saturated heterocycles. The second-order valence-corrected chi connectivity index (χ2v) is 7.53. The third-order valence-corrected chi connectivity index (χ3v) is 5.60. The molecule has 2 N–H and O–H groups in total. The van der Waals surface area contributed by atoms with Crippen LogP contribution in [0.3, 0.4) is 0 Å². The molecule has 4 aromatic rings. The predicted molar refractivity (Wildman–Crippen MR) is 120 cm³/mol. The van der Waals surface area contributed by atoms with Crippen LogP contribution >= 0.6 is 0 Å². The lowest BCUT2D eigenvalue weighted by molar-refractivity contribution is 0.0684. The Bertz CT molecular complexity index is 1190. The molecular weight excluding hydrogens is 392 g/mol. The minimum absolute atomic E-state index is 0.303. The van der Waals surface area contributed by atoms with Crippen LogP contribution in [0.4, 0.5) is 0 Å². The van der Waals surface area contributed by atoms with Crippen molar-refractivity contribution in [3.8, 4) is 5.75 Å². The van der Waals surface area contributed by atoms with Gasteiger partial charge in [0.2, 0.25) is 0 Å². The first-order valence-electron chi connectivity index (χ1n) is 10.3. The highest BCUT2D eigenvalue weighted by atomic mass is 16.5. The Balaban J connectivity index is 1.72. The molecule has 0 atom stereocenters. The van der Waals surface area contributed by atoms with Crippen LogP contribution in [0.2, 0.25) is 0 Å². The number of nitrogens with zero attached hydrogens (tertiary/aromatic N) is 1. The summed E-state index contributed by atoms with van der Waals surface area (Å²) in [5.41, 5.74) is 4.14. The van der Waals surface area contributed by atoms with Gasteiger partial charge in [-0.3, -0.25) is 0 Å². The molecule has 0 radical (unpaired) electrons. The van der Waals surface area contributed by atoms with Crippen LogP contribution in [0.15, 0.2) is 65.3 Å². The van der Waals surface area contributed by atoms with E-state index in [-0.39, 0.29) is 0 Å². The first-order valence-corrected chi connectivity index (χ1v) is 10.3. The second-order valence-electron chi connectivity index (χ2n) is 7.53. The van der Waals surface area contributed by atoms with Crippen molar-refractivity contribution < 1.29 is 19.1 Å². The summed E-state index contributed by atoms with van der Waals surface area (Å²) in [7, 11) is 1.62. The molecule has 0 aliphatic carbocycles. The van der Waals surface area contributed by atoms with E-state index >= 15 is 0 Å². The van der Waals surface area contributed by atoms with E-state index in [9.17, 15) is 9.90 Å². The van der Waals surface area contributed by atoms with Crippen LogP contribution in [0.25, 0.3) is 10.9 Å². The molecule has 0 amide bonds. The van der Waals surface area contributed by atoms with Gasteiger partial charge in [-0.15, -0.1) is 0 Å². The highest BCUT2D eigenvalue weighted by molar-refractivity contribution is 5.98. The largest absolute Gasteiger partial charge is 0.497 e. The summed E-state index contributed by atoms with van der Waals surface area (Å²) in [6, 6.07) is 17.6. The molecule has 0 saturated carbocycles. The molecule has 0 aliphatic rings. The van der Waals surface area contributed by atoms with E-state index < -0.39 is 5.97 Å². The fourth-order valence-corrected chi connectivity index (χ4v) is 3.95. The Labute approximate surface area is 181 Å². The maximum atomic E-state index is 12.4. The number of aromatic nitrogens is 1. The average molecular weight is 418 g/mol.